The summed E-state index contributed by atoms with van der Waals surface area (Å²) in [6.07, 6.45) is 0. The molecule has 1 aliphatic heterocycles. The summed E-state index contributed by atoms with van der Waals surface area (Å²) in [5, 5.41) is 4.19. The van der Waals surface area contributed by atoms with Gasteiger partial charge in [0.1, 0.15) is 11.5 Å². The quantitative estimate of drug-likeness (QED) is 0.669. The lowest BCUT2D eigenvalue weighted by atomic mass is 10.1. The zero-order valence-electron chi connectivity index (χ0n) is 16.0. The number of carbonyl (C=O) groups excluding carboxylic acids is 1. The first-order chi connectivity index (χ1) is 14.0. The van der Waals surface area contributed by atoms with Crippen molar-refractivity contribution in [3.05, 3.63) is 94.2 Å². The lowest BCUT2D eigenvalue weighted by molar-refractivity contribution is 0.0314. The summed E-state index contributed by atoms with van der Waals surface area (Å²) in [5.74, 6) is -0.620. The maximum Gasteiger partial charge on any atom is 0.274 e. The minimum atomic E-state index is -0.403. The third-order valence-corrected chi connectivity index (χ3v) is 5.14. The minimum absolute atomic E-state index is 0.193. The van der Waals surface area contributed by atoms with Gasteiger partial charge in [0.15, 0.2) is 0 Å². The number of likely N-dealkylation sites (tertiary alicyclic amines) is 1. The summed E-state index contributed by atoms with van der Waals surface area (Å²) >= 11 is 0. The van der Waals surface area contributed by atoms with Crippen molar-refractivity contribution in [1.82, 2.24) is 19.6 Å². The van der Waals surface area contributed by atoms with Crippen LogP contribution >= 0.6 is 0 Å². The molecule has 1 amide bonds. The number of halogens is 1. The molecule has 2 aromatic carbocycles. The van der Waals surface area contributed by atoms with Crippen LogP contribution in [0.1, 0.15) is 16.1 Å². The molecule has 6 nitrogen and oxygen atoms in total. The van der Waals surface area contributed by atoms with Gasteiger partial charge in [-0.15, -0.1) is 0 Å². The van der Waals surface area contributed by atoms with Crippen LogP contribution in [0.2, 0.25) is 0 Å². The smallest absolute Gasteiger partial charge is 0.274 e. The first-order valence-corrected chi connectivity index (χ1v) is 9.41. The van der Waals surface area contributed by atoms with E-state index in [-0.39, 0.29) is 23.2 Å². The van der Waals surface area contributed by atoms with Gasteiger partial charge in [0.2, 0.25) is 0 Å². The highest BCUT2D eigenvalue weighted by atomic mass is 19.1. The number of amides is 1. The molecule has 29 heavy (non-hydrogen) atoms. The lowest BCUT2D eigenvalue weighted by Gasteiger charge is -2.43. The summed E-state index contributed by atoms with van der Waals surface area (Å²) in [5.41, 5.74) is 1.46. The van der Waals surface area contributed by atoms with E-state index in [0.29, 0.717) is 18.8 Å². The van der Waals surface area contributed by atoms with E-state index in [0.717, 1.165) is 11.2 Å². The van der Waals surface area contributed by atoms with Crippen LogP contribution in [-0.2, 0) is 6.54 Å². The fraction of sp³-hybridized carbons (Fsp3) is 0.227. The number of carbonyl (C=O) groups is 1. The minimum Gasteiger partial charge on any atom is -0.334 e. The molecule has 0 radical (unpaired) electrons. The predicted molar refractivity (Wildman–Crippen MR) is 107 cm³/mol. The Morgan fingerprint density at radius 2 is 1.76 bits per heavy atom. The second-order valence-electron chi connectivity index (χ2n) is 7.21. The number of hydrogen-bond acceptors (Lipinski definition) is 4. The van der Waals surface area contributed by atoms with E-state index in [9.17, 15) is 14.0 Å². The molecule has 0 bridgehead atoms. The van der Waals surface area contributed by atoms with Gasteiger partial charge in [-0.25, -0.2) is 4.39 Å². The van der Waals surface area contributed by atoms with Gasteiger partial charge in [-0.3, -0.25) is 14.5 Å². The summed E-state index contributed by atoms with van der Waals surface area (Å²) < 4.78 is 14.3. The van der Waals surface area contributed by atoms with Crippen LogP contribution in [0.25, 0.3) is 5.69 Å². The van der Waals surface area contributed by atoms with Crippen LogP contribution in [0.15, 0.2) is 71.5 Å². The normalized spacial score (nSPS) is 14.1. The monoisotopic (exact) mass is 392 g/mol. The Morgan fingerprint density at radius 1 is 1.07 bits per heavy atom. The van der Waals surface area contributed by atoms with Crippen LogP contribution < -0.4 is 5.56 Å². The second kappa shape index (κ2) is 7.97. The van der Waals surface area contributed by atoms with Crippen LogP contribution in [0.5, 0.6) is 0 Å². The van der Waals surface area contributed by atoms with E-state index in [1.807, 2.05) is 25.2 Å². The van der Waals surface area contributed by atoms with Crippen molar-refractivity contribution in [2.45, 2.75) is 12.6 Å². The fourth-order valence-corrected chi connectivity index (χ4v) is 3.35. The molecule has 1 fully saturated rings. The zero-order chi connectivity index (χ0) is 20.4. The summed E-state index contributed by atoms with van der Waals surface area (Å²) in [6.45, 7) is 2.04. The maximum absolute atomic E-state index is 13.1. The molecule has 1 saturated heterocycles. The molecule has 0 aliphatic carbocycles. The number of aromatic nitrogens is 2. The van der Waals surface area contributed by atoms with Gasteiger partial charge in [0.05, 0.1) is 5.69 Å². The first-order valence-electron chi connectivity index (χ1n) is 9.41. The number of rotatable bonds is 5. The molecule has 0 saturated carbocycles. The largest absolute Gasteiger partial charge is 0.334 e. The molecular weight excluding hydrogens is 371 g/mol. The molecule has 148 valence electrons. The van der Waals surface area contributed by atoms with E-state index >= 15 is 0 Å². The molecule has 3 aromatic rings. The Bertz CT molecular complexity index is 1060. The molecule has 7 heteroatoms. The Labute approximate surface area is 167 Å². The van der Waals surface area contributed by atoms with Crippen LogP contribution in [0, 0.1) is 5.82 Å². The molecule has 2 heterocycles. The standard InChI is InChI=1S/C22H21FN4O2/c1-25(13-16-5-3-2-4-6-16)19-14-26(15-19)22(29)20-11-12-21(28)27(24-20)18-9-7-17(23)8-10-18/h2-12,19H,13-15H2,1H3. The molecule has 1 aliphatic rings. The molecule has 4 rings (SSSR count). The SMILES string of the molecule is CN(Cc1ccccc1)C1CN(C(=O)c2ccc(=O)n(-c3ccc(F)cc3)n2)C1. The third-order valence-electron chi connectivity index (χ3n) is 5.14. The number of nitrogens with zero attached hydrogens (tertiary/aromatic N) is 4. The van der Waals surface area contributed by atoms with Gasteiger partial charge in [0.25, 0.3) is 11.5 Å². The highest BCUT2D eigenvalue weighted by molar-refractivity contribution is 5.92. The van der Waals surface area contributed by atoms with E-state index in [1.165, 1.54) is 42.0 Å². The van der Waals surface area contributed by atoms with Crippen molar-refractivity contribution in [1.29, 1.82) is 0 Å². The topological polar surface area (TPSA) is 58.4 Å². The van der Waals surface area contributed by atoms with Gasteiger partial charge in [-0.1, -0.05) is 30.3 Å². The highest BCUT2D eigenvalue weighted by Gasteiger charge is 2.34. The van der Waals surface area contributed by atoms with Crippen molar-refractivity contribution >= 4 is 5.91 Å². The molecule has 1 aromatic heterocycles. The van der Waals surface area contributed by atoms with Gasteiger partial charge in [-0.2, -0.15) is 9.78 Å². The Balaban J connectivity index is 1.42. The van der Waals surface area contributed by atoms with Gasteiger partial charge in [0, 0.05) is 31.7 Å². The maximum atomic E-state index is 13.1. The predicted octanol–water partition coefficient (Wildman–Crippen LogP) is 2.33. The Morgan fingerprint density at radius 3 is 2.45 bits per heavy atom. The fourth-order valence-electron chi connectivity index (χ4n) is 3.35. The molecule has 0 unspecified atom stereocenters. The molecule has 0 spiro atoms. The lowest BCUT2D eigenvalue weighted by Crippen LogP contribution is -2.60. The van der Waals surface area contributed by atoms with Crippen LogP contribution in [-0.4, -0.2) is 51.7 Å². The van der Waals surface area contributed by atoms with Gasteiger partial charge in [-0.05, 0) is 42.9 Å². The van der Waals surface area contributed by atoms with E-state index in [4.69, 9.17) is 0 Å². The Kier molecular flexibility index (Phi) is 5.22. The van der Waals surface area contributed by atoms with Gasteiger partial charge >= 0.3 is 0 Å². The van der Waals surface area contributed by atoms with Crippen molar-refractivity contribution in [2.24, 2.45) is 0 Å². The average Bonchev–Trinajstić information content (AvgIpc) is 2.68. The summed E-state index contributed by atoms with van der Waals surface area (Å²) in [4.78, 5) is 28.8. The van der Waals surface area contributed by atoms with E-state index < -0.39 is 5.82 Å². The summed E-state index contributed by atoms with van der Waals surface area (Å²) in [6, 6.07) is 18.6. The van der Waals surface area contributed by atoms with Crippen molar-refractivity contribution in [2.75, 3.05) is 20.1 Å². The summed E-state index contributed by atoms with van der Waals surface area (Å²) in [7, 11) is 2.05. The molecule has 0 N–H and O–H groups in total. The average molecular weight is 392 g/mol. The van der Waals surface area contributed by atoms with Crippen molar-refractivity contribution in [3.8, 4) is 5.69 Å². The van der Waals surface area contributed by atoms with Crippen molar-refractivity contribution in [3.63, 3.8) is 0 Å². The third kappa shape index (κ3) is 4.09. The molecule has 0 atom stereocenters. The molecular formula is C22H21FN4O2. The number of likely N-dealkylation sites (N-methyl/N-ethyl adjacent to an activating group) is 1. The highest BCUT2D eigenvalue weighted by Crippen LogP contribution is 2.18. The van der Waals surface area contributed by atoms with Crippen molar-refractivity contribution < 1.29 is 9.18 Å². The van der Waals surface area contributed by atoms with Crippen LogP contribution in [0.4, 0.5) is 4.39 Å². The number of benzene rings is 2. The zero-order valence-corrected chi connectivity index (χ0v) is 16.0. The van der Waals surface area contributed by atoms with Gasteiger partial charge < -0.3 is 4.90 Å². The first kappa shape index (κ1) is 19.0. The number of hydrogen-bond donors (Lipinski definition) is 0. The van der Waals surface area contributed by atoms with Crippen LogP contribution in [0.3, 0.4) is 0 Å². The Hall–Kier alpha value is -3.32. The second-order valence-corrected chi connectivity index (χ2v) is 7.21. The van der Waals surface area contributed by atoms with E-state index in [2.05, 4.69) is 22.1 Å². The van der Waals surface area contributed by atoms with E-state index in [1.54, 1.807) is 4.90 Å².